The minimum atomic E-state index is 0.447. The van der Waals surface area contributed by atoms with E-state index in [1.165, 1.54) is 42.2 Å². The van der Waals surface area contributed by atoms with E-state index >= 15 is 0 Å². The highest BCUT2D eigenvalue weighted by Gasteiger charge is 2.25. The van der Waals surface area contributed by atoms with Gasteiger partial charge in [0.05, 0.1) is 16.3 Å². The second kappa shape index (κ2) is 6.86. The van der Waals surface area contributed by atoms with E-state index in [0.29, 0.717) is 6.04 Å². The van der Waals surface area contributed by atoms with Crippen molar-refractivity contribution in [2.24, 2.45) is 5.92 Å². The van der Waals surface area contributed by atoms with E-state index in [4.69, 9.17) is 4.98 Å². The van der Waals surface area contributed by atoms with Crippen LogP contribution in [0.25, 0.3) is 10.2 Å². The van der Waals surface area contributed by atoms with Crippen molar-refractivity contribution in [2.75, 3.05) is 26.2 Å². The Morgan fingerprint density at radius 1 is 1.33 bits per heavy atom. The van der Waals surface area contributed by atoms with Crippen LogP contribution < -0.4 is 5.32 Å². The van der Waals surface area contributed by atoms with Crippen molar-refractivity contribution in [3.05, 3.63) is 29.3 Å². The standard InChI is InChI=1S/C17H25N3S/c1-3-18-12-14-8-10-20(11-9-14)13(2)17-19-15-6-4-5-7-16(15)21-17/h4-7,13-14,18H,3,8-12H2,1-2H3. The molecule has 1 aromatic heterocycles. The molecule has 1 aliphatic heterocycles. The second-order valence-corrected chi connectivity index (χ2v) is 7.05. The summed E-state index contributed by atoms with van der Waals surface area (Å²) < 4.78 is 1.31. The first-order valence-corrected chi connectivity index (χ1v) is 8.89. The Balaban J connectivity index is 1.62. The lowest BCUT2D eigenvalue weighted by atomic mass is 9.96. The van der Waals surface area contributed by atoms with Crippen LogP contribution >= 0.6 is 11.3 Å². The number of thiazole rings is 1. The Bertz CT molecular complexity index is 539. The van der Waals surface area contributed by atoms with E-state index in [2.05, 4.69) is 48.3 Å². The molecule has 21 heavy (non-hydrogen) atoms. The van der Waals surface area contributed by atoms with Gasteiger partial charge in [-0.05, 0) is 64.0 Å². The van der Waals surface area contributed by atoms with Crippen LogP contribution in [0.2, 0.25) is 0 Å². The van der Waals surface area contributed by atoms with Crippen molar-refractivity contribution in [1.82, 2.24) is 15.2 Å². The summed E-state index contributed by atoms with van der Waals surface area (Å²) in [7, 11) is 0. The molecule has 0 spiro atoms. The van der Waals surface area contributed by atoms with E-state index < -0.39 is 0 Å². The SMILES string of the molecule is CCNCC1CCN(C(C)c2nc3ccccc3s2)CC1. The summed E-state index contributed by atoms with van der Waals surface area (Å²) in [5.41, 5.74) is 1.14. The molecule has 0 radical (unpaired) electrons. The van der Waals surface area contributed by atoms with Crippen LogP contribution in [0, 0.1) is 5.92 Å². The molecule has 1 fully saturated rings. The predicted molar refractivity (Wildman–Crippen MR) is 90.9 cm³/mol. The van der Waals surface area contributed by atoms with Crippen LogP contribution in [0.5, 0.6) is 0 Å². The summed E-state index contributed by atoms with van der Waals surface area (Å²) in [6.07, 6.45) is 2.62. The van der Waals surface area contributed by atoms with Gasteiger partial charge in [0.25, 0.3) is 0 Å². The van der Waals surface area contributed by atoms with E-state index in [1.807, 2.05) is 11.3 Å². The number of nitrogens with one attached hydrogen (secondary N) is 1. The zero-order valence-electron chi connectivity index (χ0n) is 13.0. The number of piperidine rings is 1. The molecule has 1 atom stereocenters. The van der Waals surface area contributed by atoms with E-state index in [1.54, 1.807) is 0 Å². The van der Waals surface area contributed by atoms with Gasteiger partial charge in [-0.2, -0.15) is 0 Å². The molecule has 1 N–H and O–H groups in total. The maximum atomic E-state index is 4.82. The molecule has 3 nitrogen and oxygen atoms in total. The minimum absolute atomic E-state index is 0.447. The van der Waals surface area contributed by atoms with Gasteiger partial charge in [0, 0.05) is 0 Å². The number of aromatic nitrogens is 1. The number of likely N-dealkylation sites (tertiary alicyclic amines) is 1. The van der Waals surface area contributed by atoms with Crippen LogP contribution in [-0.4, -0.2) is 36.1 Å². The summed E-state index contributed by atoms with van der Waals surface area (Å²) in [6, 6.07) is 8.91. The highest BCUT2D eigenvalue weighted by molar-refractivity contribution is 7.18. The third-order valence-corrected chi connectivity index (χ3v) is 5.75. The maximum Gasteiger partial charge on any atom is 0.111 e. The van der Waals surface area contributed by atoms with Crippen LogP contribution in [0.4, 0.5) is 0 Å². The number of rotatable bonds is 5. The van der Waals surface area contributed by atoms with Gasteiger partial charge < -0.3 is 5.32 Å². The van der Waals surface area contributed by atoms with Crippen molar-refractivity contribution < 1.29 is 0 Å². The monoisotopic (exact) mass is 303 g/mol. The fraction of sp³-hybridized carbons (Fsp3) is 0.588. The zero-order valence-corrected chi connectivity index (χ0v) is 13.8. The minimum Gasteiger partial charge on any atom is -0.317 e. The van der Waals surface area contributed by atoms with Gasteiger partial charge in [-0.3, -0.25) is 4.90 Å². The summed E-state index contributed by atoms with van der Waals surface area (Å²) in [6.45, 7) is 9.16. The van der Waals surface area contributed by atoms with Crippen LogP contribution in [0.3, 0.4) is 0 Å². The predicted octanol–water partition coefficient (Wildman–Crippen LogP) is 3.68. The number of benzene rings is 1. The summed E-state index contributed by atoms with van der Waals surface area (Å²) >= 11 is 1.85. The Labute approximate surface area is 131 Å². The first-order chi connectivity index (χ1) is 10.3. The molecule has 0 amide bonds. The molecule has 0 saturated carbocycles. The van der Waals surface area contributed by atoms with Gasteiger partial charge in [0.1, 0.15) is 5.01 Å². The lowest BCUT2D eigenvalue weighted by Gasteiger charge is -2.35. The number of hydrogen-bond donors (Lipinski definition) is 1. The van der Waals surface area contributed by atoms with Crippen molar-refractivity contribution in [1.29, 1.82) is 0 Å². The topological polar surface area (TPSA) is 28.2 Å². The molecule has 0 bridgehead atoms. The molecule has 2 heterocycles. The van der Waals surface area contributed by atoms with Gasteiger partial charge in [0.2, 0.25) is 0 Å². The third kappa shape index (κ3) is 3.44. The third-order valence-electron chi connectivity index (χ3n) is 4.55. The van der Waals surface area contributed by atoms with E-state index in [0.717, 1.165) is 18.0 Å². The van der Waals surface area contributed by atoms with Crippen molar-refractivity contribution in [3.63, 3.8) is 0 Å². The lowest BCUT2D eigenvalue weighted by Crippen LogP contribution is -2.38. The number of hydrogen-bond acceptors (Lipinski definition) is 4. The molecule has 2 aromatic rings. The van der Waals surface area contributed by atoms with Gasteiger partial charge in [-0.15, -0.1) is 11.3 Å². The maximum absolute atomic E-state index is 4.82. The van der Waals surface area contributed by atoms with Crippen LogP contribution in [-0.2, 0) is 0 Å². The summed E-state index contributed by atoms with van der Waals surface area (Å²) in [4.78, 5) is 7.42. The highest BCUT2D eigenvalue weighted by atomic mass is 32.1. The molecule has 114 valence electrons. The number of para-hydroxylation sites is 1. The normalized spacial score (nSPS) is 19.1. The van der Waals surface area contributed by atoms with Crippen LogP contribution in [0.15, 0.2) is 24.3 Å². The quantitative estimate of drug-likeness (QED) is 0.913. The Morgan fingerprint density at radius 3 is 2.81 bits per heavy atom. The average Bonchev–Trinajstić information content (AvgIpc) is 2.96. The molecular weight excluding hydrogens is 278 g/mol. The fourth-order valence-electron chi connectivity index (χ4n) is 3.12. The second-order valence-electron chi connectivity index (χ2n) is 5.98. The number of fused-ring (bicyclic) bond motifs is 1. The van der Waals surface area contributed by atoms with Crippen LogP contribution in [0.1, 0.15) is 37.7 Å². The largest absolute Gasteiger partial charge is 0.317 e. The van der Waals surface area contributed by atoms with Gasteiger partial charge in [-0.25, -0.2) is 4.98 Å². The Hall–Kier alpha value is -0.970. The van der Waals surface area contributed by atoms with Gasteiger partial charge in [0.15, 0.2) is 0 Å². The molecule has 3 rings (SSSR count). The summed E-state index contributed by atoms with van der Waals surface area (Å²) in [5.74, 6) is 0.851. The fourth-order valence-corrected chi connectivity index (χ4v) is 4.17. The molecular formula is C17H25N3S. The van der Waals surface area contributed by atoms with Crippen molar-refractivity contribution in [3.8, 4) is 0 Å². The Morgan fingerprint density at radius 2 is 2.10 bits per heavy atom. The number of nitrogens with zero attached hydrogens (tertiary/aromatic N) is 2. The molecule has 0 aliphatic carbocycles. The lowest BCUT2D eigenvalue weighted by molar-refractivity contribution is 0.140. The molecule has 1 saturated heterocycles. The first-order valence-electron chi connectivity index (χ1n) is 8.08. The van der Waals surface area contributed by atoms with E-state index in [-0.39, 0.29) is 0 Å². The van der Waals surface area contributed by atoms with Crippen molar-refractivity contribution >= 4 is 21.6 Å². The molecule has 4 heteroatoms. The van der Waals surface area contributed by atoms with E-state index in [9.17, 15) is 0 Å². The van der Waals surface area contributed by atoms with Crippen molar-refractivity contribution in [2.45, 2.75) is 32.7 Å². The molecule has 1 unspecified atom stereocenters. The zero-order chi connectivity index (χ0) is 14.7. The smallest absolute Gasteiger partial charge is 0.111 e. The van der Waals surface area contributed by atoms with Gasteiger partial charge in [-0.1, -0.05) is 19.1 Å². The Kier molecular flexibility index (Phi) is 4.88. The average molecular weight is 303 g/mol. The highest BCUT2D eigenvalue weighted by Crippen LogP contribution is 2.31. The first kappa shape index (κ1) is 14.9. The molecule has 1 aliphatic rings. The molecule has 1 aromatic carbocycles. The van der Waals surface area contributed by atoms with Gasteiger partial charge >= 0.3 is 0 Å². The summed E-state index contributed by atoms with van der Waals surface area (Å²) in [5, 5.41) is 4.75.